The lowest BCUT2D eigenvalue weighted by Gasteiger charge is -2.12. The number of fused-ring (bicyclic) bond motifs is 1. The zero-order chi connectivity index (χ0) is 14.9. The smallest absolute Gasteiger partial charge is 0.0570 e. The van der Waals surface area contributed by atoms with Crippen LogP contribution < -0.4 is 0 Å². The number of para-hydroxylation sites is 2. The third-order valence-electron chi connectivity index (χ3n) is 4.19. The van der Waals surface area contributed by atoms with Gasteiger partial charge in [-0.15, -0.1) is 0 Å². The fourth-order valence-electron chi connectivity index (χ4n) is 3.19. The second-order valence-corrected chi connectivity index (χ2v) is 5.53. The second-order valence-electron chi connectivity index (χ2n) is 5.53. The molecule has 0 saturated heterocycles. The molecule has 1 heterocycles. The molecular weight excluding hydrogens is 266 g/mol. The highest BCUT2D eigenvalue weighted by Crippen LogP contribution is 2.35. The van der Waals surface area contributed by atoms with Crippen molar-refractivity contribution in [3.8, 4) is 16.9 Å². The standard InChI is InChI=1S/C21H17N/c1-16-19-14-8-9-15-20(19)22(18-12-6-3-7-13-18)21(16)17-10-4-2-5-11-17/h2-15H,1H3. The minimum absolute atomic E-state index is 1.20. The lowest BCUT2D eigenvalue weighted by atomic mass is 10.1. The number of hydrogen-bond acceptors (Lipinski definition) is 0. The van der Waals surface area contributed by atoms with E-state index in [1.54, 1.807) is 0 Å². The summed E-state index contributed by atoms with van der Waals surface area (Å²) in [7, 11) is 0. The summed E-state index contributed by atoms with van der Waals surface area (Å²) in [5.41, 5.74) is 6.30. The molecule has 0 aliphatic rings. The number of rotatable bonds is 2. The van der Waals surface area contributed by atoms with Crippen LogP contribution in [-0.2, 0) is 0 Å². The Hall–Kier alpha value is -2.80. The SMILES string of the molecule is Cc1c(-c2ccccc2)n(-c2ccccc2)c2ccccc12. The van der Waals surface area contributed by atoms with Gasteiger partial charge in [0.15, 0.2) is 0 Å². The predicted molar refractivity (Wildman–Crippen MR) is 93.4 cm³/mol. The van der Waals surface area contributed by atoms with Crippen LogP contribution in [0, 0.1) is 6.92 Å². The molecule has 0 radical (unpaired) electrons. The van der Waals surface area contributed by atoms with Crippen LogP contribution >= 0.6 is 0 Å². The molecule has 1 nitrogen and oxygen atoms in total. The van der Waals surface area contributed by atoms with Crippen LogP contribution in [-0.4, -0.2) is 4.57 Å². The van der Waals surface area contributed by atoms with E-state index < -0.39 is 0 Å². The van der Waals surface area contributed by atoms with Crippen molar-refractivity contribution in [3.05, 3.63) is 90.5 Å². The number of aromatic nitrogens is 1. The summed E-state index contributed by atoms with van der Waals surface area (Å²) in [6.45, 7) is 2.21. The number of nitrogens with zero attached hydrogens (tertiary/aromatic N) is 1. The first-order chi connectivity index (χ1) is 10.9. The fraction of sp³-hybridized carbons (Fsp3) is 0.0476. The van der Waals surface area contributed by atoms with Crippen LogP contribution in [0.2, 0.25) is 0 Å². The van der Waals surface area contributed by atoms with Gasteiger partial charge >= 0.3 is 0 Å². The van der Waals surface area contributed by atoms with Gasteiger partial charge in [-0.05, 0) is 36.2 Å². The van der Waals surface area contributed by atoms with Crippen LogP contribution in [0.25, 0.3) is 27.8 Å². The van der Waals surface area contributed by atoms with Crippen LogP contribution in [0.3, 0.4) is 0 Å². The summed E-state index contributed by atoms with van der Waals surface area (Å²) in [6, 6.07) is 29.8. The van der Waals surface area contributed by atoms with Crippen LogP contribution in [0.5, 0.6) is 0 Å². The van der Waals surface area contributed by atoms with Gasteiger partial charge in [-0.2, -0.15) is 0 Å². The molecule has 0 N–H and O–H groups in total. The first-order valence-electron chi connectivity index (χ1n) is 7.57. The van der Waals surface area contributed by atoms with Crippen LogP contribution in [0.1, 0.15) is 5.56 Å². The summed E-state index contributed by atoms with van der Waals surface area (Å²) < 4.78 is 2.36. The van der Waals surface area contributed by atoms with Crippen LogP contribution in [0.4, 0.5) is 0 Å². The van der Waals surface area contributed by atoms with E-state index >= 15 is 0 Å². The third-order valence-corrected chi connectivity index (χ3v) is 4.19. The Balaban J connectivity index is 2.14. The van der Waals surface area contributed by atoms with Crippen molar-refractivity contribution in [2.24, 2.45) is 0 Å². The van der Waals surface area contributed by atoms with E-state index in [1.807, 2.05) is 0 Å². The molecular formula is C21H17N. The number of hydrogen-bond donors (Lipinski definition) is 0. The van der Waals surface area contributed by atoms with Crippen LogP contribution in [0.15, 0.2) is 84.9 Å². The average molecular weight is 283 g/mol. The monoisotopic (exact) mass is 283 g/mol. The highest BCUT2D eigenvalue weighted by atomic mass is 15.0. The van der Waals surface area contributed by atoms with Gasteiger partial charge in [0.05, 0.1) is 11.2 Å². The molecule has 4 aromatic rings. The molecule has 0 unspecified atom stereocenters. The summed E-state index contributed by atoms with van der Waals surface area (Å²) >= 11 is 0. The van der Waals surface area contributed by atoms with E-state index in [0.29, 0.717) is 0 Å². The molecule has 1 aromatic heterocycles. The van der Waals surface area contributed by atoms with Crippen molar-refractivity contribution in [3.63, 3.8) is 0 Å². The van der Waals surface area contributed by atoms with E-state index in [0.717, 1.165) is 0 Å². The maximum Gasteiger partial charge on any atom is 0.0570 e. The van der Waals surface area contributed by atoms with Gasteiger partial charge in [0.2, 0.25) is 0 Å². The predicted octanol–water partition coefficient (Wildman–Crippen LogP) is 5.61. The van der Waals surface area contributed by atoms with Crippen molar-refractivity contribution in [1.82, 2.24) is 4.57 Å². The molecule has 3 aromatic carbocycles. The van der Waals surface area contributed by atoms with E-state index in [2.05, 4.69) is 96.4 Å². The summed E-state index contributed by atoms with van der Waals surface area (Å²) in [5, 5.41) is 1.31. The van der Waals surface area contributed by atoms with Crippen molar-refractivity contribution < 1.29 is 0 Å². The Morgan fingerprint density at radius 1 is 0.636 bits per heavy atom. The zero-order valence-electron chi connectivity index (χ0n) is 12.5. The highest BCUT2D eigenvalue weighted by molar-refractivity contribution is 5.93. The van der Waals surface area contributed by atoms with Crippen molar-refractivity contribution in [2.75, 3.05) is 0 Å². The fourth-order valence-corrected chi connectivity index (χ4v) is 3.19. The summed E-state index contributed by atoms with van der Waals surface area (Å²) in [6.07, 6.45) is 0. The lowest BCUT2D eigenvalue weighted by Crippen LogP contribution is -1.96. The normalized spacial score (nSPS) is 11.0. The van der Waals surface area contributed by atoms with Crippen molar-refractivity contribution in [1.29, 1.82) is 0 Å². The Morgan fingerprint density at radius 2 is 1.23 bits per heavy atom. The maximum absolute atomic E-state index is 2.36. The molecule has 106 valence electrons. The summed E-state index contributed by atoms with van der Waals surface area (Å²) in [4.78, 5) is 0. The van der Waals surface area contributed by atoms with E-state index in [1.165, 1.54) is 33.4 Å². The molecule has 0 aliphatic heterocycles. The Kier molecular flexibility index (Phi) is 3.05. The molecule has 0 spiro atoms. The molecule has 1 heteroatoms. The van der Waals surface area contributed by atoms with Gasteiger partial charge in [0.1, 0.15) is 0 Å². The Morgan fingerprint density at radius 3 is 1.95 bits per heavy atom. The minimum atomic E-state index is 1.20. The van der Waals surface area contributed by atoms with Gasteiger partial charge < -0.3 is 4.57 Å². The Bertz CT molecular complexity index is 918. The molecule has 4 rings (SSSR count). The van der Waals surface area contributed by atoms with Gasteiger partial charge in [0, 0.05) is 11.1 Å². The zero-order valence-corrected chi connectivity index (χ0v) is 12.5. The average Bonchev–Trinajstić information content (AvgIpc) is 2.90. The summed E-state index contributed by atoms with van der Waals surface area (Å²) in [5.74, 6) is 0. The molecule has 0 fully saturated rings. The molecule has 0 amide bonds. The number of benzene rings is 3. The van der Waals surface area contributed by atoms with E-state index in [-0.39, 0.29) is 0 Å². The molecule has 0 atom stereocenters. The quantitative estimate of drug-likeness (QED) is 0.451. The maximum atomic E-state index is 2.36. The van der Waals surface area contributed by atoms with Gasteiger partial charge in [-0.25, -0.2) is 0 Å². The third kappa shape index (κ3) is 1.94. The van der Waals surface area contributed by atoms with Gasteiger partial charge in [-0.3, -0.25) is 0 Å². The van der Waals surface area contributed by atoms with Crippen molar-refractivity contribution >= 4 is 10.9 Å². The highest BCUT2D eigenvalue weighted by Gasteiger charge is 2.16. The first-order valence-corrected chi connectivity index (χ1v) is 7.57. The lowest BCUT2D eigenvalue weighted by molar-refractivity contribution is 1.13. The van der Waals surface area contributed by atoms with E-state index in [9.17, 15) is 0 Å². The van der Waals surface area contributed by atoms with Gasteiger partial charge in [-0.1, -0.05) is 66.7 Å². The molecule has 22 heavy (non-hydrogen) atoms. The Labute approximate surface area is 130 Å². The van der Waals surface area contributed by atoms with Gasteiger partial charge in [0.25, 0.3) is 0 Å². The number of aryl methyl sites for hydroxylation is 1. The largest absolute Gasteiger partial charge is 0.309 e. The molecule has 0 bridgehead atoms. The topological polar surface area (TPSA) is 4.93 Å². The first kappa shape index (κ1) is 12.9. The van der Waals surface area contributed by atoms with E-state index in [4.69, 9.17) is 0 Å². The van der Waals surface area contributed by atoms with Crippen molar-refractivity contribution in [2.45, 2.75) is 6.92 Å². The second kappa shape index (κ2) is 5.19. The molecule has 0 aliphatic carbocycles. The minimum Gasteiger partial charge on any atom is -0.309 e. The molecule has 0 saturated carbocycles.